The Labute approximate surface area is 124 Å². The first-order valence-electron chi connectivity index (χ1n) is 7.00. The maximum atomic E-state index is 5.64. The smallest absolute Gasteiger partial charge is 0.0593 e. The predicted molar refractivity (Wildman–Crippen MR) is 83.7 cm³/mol. The second-order valence-electron chi connectivity index (χ2n) is 5.23. The lowest BCUT2D eigenvalue weighted by molar-refractivity contribution is 0.104. The highest BCUT2D eigenvalue weighted by molar-refractivity contribution is 9.10. The van der Waals surface area contributed by atoms with Crippen LogP contribution in [0.4, 0.5) is 5.69 Å². The number of likely N-dealkylation sites (N-methyl/N-ethyl adjacent to an activating group) is 1. The highest BCUT2D eigenvalue weighted by atomic mass is 79.9. The van der Waals surface area contributed by atoms with Gasteiger partial charge in [0.25, 0.3) is 0 Å². The second-order valence-corrected chi connectivity index (χ2v) is 6.08. The van der Waals surface area contributed by atoms with Crippen molar-refractivity contribution < 1.29 is 4.74 Å². The molecule has 1 fully saturated rings. The summed E-state index contributed by atoms with van der Waals surface area (Å²) < 4.78 is 6.76. The molecule has 1 saturated carbocycles. The quantitative estimate of drug-likeness (QED) is 0.705. The first-order chi connectivity index (χ1) is 9.25. The Morgan fingerprint density at radius 2 is 2.11 bits per heavy atom. The number of nitrogens with zero attached hydrogens (tertiary/aromatic N) is 1. The first kappa shape index (κ1) is 14.8. The minimum Gasteiger partial charge on any atom is -0.383 e. The third kappa shape index (κ3) is 5.93. The van der Waals surface area contributed by atoms with E-state index in [1.165, 1.54) is 12.8 Å². The molecular weight excluding hydrogens is 304 g/mol. The topological polar surface area (TPSA) is 24.5 Å². The minimum atomic E-state index is 0.849. The molecule has 1 aliphatic rings. The van der Waals surface area contributed by atoms with E-state index in [9.17, 15) is 0 Å². The molecule has 1 aromatic rings. The maximum Gasteiger partial charge on any atom is 0.0593 e. The van der Waals surface area contributed by atoms with Crippen molar-refractivity contribution in [3.8, 4) is 0 Å². The van der Waals surface area contributed by atoms with Crippen LogP contribution in [0.15, 0.2) is 28.7 Å². The molecule has 106 valence electrons. The number of benzene rings is 1. The zero-order chi connectivity index (χ0) is 13.5. The van der Waals surface area contributed by atoms with Crippen LogP contribution in [0.25, 0.3) is 0 Å². The Hall–Kier alpha value is -0.580. The van der Waals surface area contributed by atoms with Crippen LogP contribution in [0, 0.1) is 5.92 Å². The molecule has 0 aromatic heterocycles. The van der Waals surface area contributed by atoms with E-state index < -0.39 is 0 Å². The van der Waals surface area contributed by atoms with E-state index in [1.54, 1.807) is 0 Å². The molecule has 3 nitrogen and oxygen atoms in total. The van der Waals surface area contributed by atoms with Gasteiger partial charge in [0.1, 0.15) is 0 Å². The molecule has 1 N–H and O–H groups in total. The molecule has 0 spiro atoms. The predicted octanol–water partition coefficient (Wildman–Crippen LogP) is 3.22. The summed E-state index contributed by atoms with van der Waals surface area (Å²) in [5, 5.41) is 3.43. The molecular formula is C15H23BrN2O. The number of anilines is 1. The summed E-state index contributed by atoms with van der Waals surface area (Å²) in [5.41, 5.74) is 1.15. The molecule has 0 radical (unpaired) electrons. The third-order valence-corrected chi connectivity index (χ3v) is 4.04. The lowest BCUT2D eigenvalue weighted by Crippen LogP contribution is -2.28. The van der Waals surface area contributed by atoms with Gasteiger partial charge in [-0.15, -0.1) is 0 Å². The van der Waals surface area contributed by atoms with Gasteiger partial charge in [0.05, 0.1) is 6.61 Å². The largest absolute Gasteiger partial charge is 0.383 e. The summed E-state index contributed by atoms with van der Waals surface area (Å²) in [7, 11) is 2.14. The summed E-state index contributed by atoms with van der Waals surface area (Å²) in [6.45, 7) is 4.78. The lowest BCUT2D eigenvalue weighted by atomic mass is 10.3. The lowest BCUT2D eigenvalue weighted by Gasteiger charge is -2.17. The van der Waals surface area contributed by atoms with Crippen LogP contribution >= 0.6 is 15.9 Å². The zero-order valence-electron chi connectivity index (χ0n) is 11.6. The fourth-order valence-corrected chi connectivity index (χ4v) is 2.28. The van der Waals surface area contributed by atoms with Gasteiger partial charge < -0.3 is 15.0 Å². The van der Waals surface area contributed by atoms with E-state index in [-0.39, 0.29) is 0 Å². The van der Waals surface area contributed by atoms with Gasteiger partial charge in [-0.05, 0) is 53.9 Å². The Morgan fingerprint density at radius 1 is 1.32 bits per heavy atom. The van der Waals surface area contributed by atoms with Crippen molar-refractivity contribution in [2.45, 2.75) is 12.8 Å². The highest BCUT2D eigenvalue weighted by Crippen LogP contribution is 2.28. The van der Waals surface area contributed by atoms with Gasteiger partial charge in [-0.2, -0.15) is 0 Å². The highest BCUT2D eigenvalue weighted by Gasteiger charge is 2.20. The number of nitrogens with one attached hydrogen (secondary N) is 1. The van der Waals surface area contributed by atoms with Crippen LogP contribution in [-0.2, 0) is 4.74 Å². The van der Waals surface area contributed by atoms with Crippen molar-refractivity contribution in [2.24, 2.45) is 5.92 Å². The Balaban J connectivity index is 1.53. The molecule has 0 bridgehead atoms. The number of para-hydroxylation sites is 1. The number of hydrogen-bond acceptors (Lipinski definition) is 3. The van der Waals surface area contributed by atoms with Crippen LogP contribution in [-0.4, -0.2) is 44.8 Å². The minimum absolute atomic E-state index is 0.849. The van der Waals surface area contributed by atoms with Gasteiger partial charge in [0.15, 0.2) is 0 Å². The Morgan fingerprint density at radius 3 is 2.84 bits per heavy atom. The fourth-order valence-electron chi connectivity index (χ4n) is 1.85. The van der Waals surface area contributed by atoms with E-state index in [2.05, 4.69) is 45.3 Å². The molecule has 4 heteroatoms. The molecule has 0 atom stereocenters. The molecule has 0 saturated heterocycles. The zero-order valence-corrected chi connectivity index (χ0v) is 13.2. The van der Waals surface area contributed by atoms with Crippen LogP contribution in [0.3, 0.4) is 0 Å². The second kappa shape index (κ2) is 7.88. The van der Waals surface area contributed by atoms with Crippen LogP contribution < -0.4 is 5.32 Å². The molecule has 1 aliphatic carbocycles. The normalized spacial score (nSPS) is 14.9. The van der Waals surface area contributed by atoms with Gasteiger partial charge in [0, 0.05) is 36.4 Å². The SMILES string of the molecule is CN(CCNc1ccccc1Br)CCOCC1CC1. The van der Waals surface area contributed by atoms with Gasteiger partial charge >= 0.3 is 0 Å². The van der Waals surface area contributed by atoms with Crippen molar-refractivity contribution >= 4 is 21.6 Å². The molecule has 0 unspecified atom stereocenters. The van der Waals surface area contributed by atoms with Gasteiger partial charge in [-0.3, -0.25) is 0 Å². The third-order valence-electron chi connectivity index (χ3n) is 3.35. The standard InChI is InChI=1S/C15H23BrN2O/c1-18(10-11-19-12-13-6-7-13)9-8-17-15-5-3-2-4-14(15)16/h2-5,13,17H,6-12H2,1H3. The van der Waals surface area contributed by atoms with Gasteiger partial charge in [0.2, 0.25) is 0 Å². The number of hydrogen-bond donors (Lipinski definition) is 1. The number of ether oxygens (including phenoxy) is 1. The molecule has 0 heterocycles. The van der Waals surface area contributed by atoms with E-state index in [1.807, 2.05) is 12.1 Å². The Kier molecular flexibility index (Phi) is 6.14. The van der Waals surface area contributed by atoms with E-state index in [0.29, 0.717) is 0 Å². The molecule has 0 aliphatic heterocycles. The van der Waals surface area contributed by atoms with Gasteiger partial charge in [-0.25, -0.2) is 0 Å². The summed E-state index contributed by atoms with van der Waals surface area (Å²) in [6, 6.07) is 8.21. The van der Waals surface area contributed by atoms with E-state index in [4.69, 9.17) is 4.74 Å². The summed E-state index contributed by atoms with van der Waals surface area (Å²) >= 11 is 3.54. The fraction of sp³-hybridized carbons (Fsp3) is 0.600. The summed E-state index contributed by atoms with van der Waals surface area (Å²) in [4.78, 5) is 2.30. The van der Waals surface area contributed by atoms with Crippen LogP contribution in [0.1, 0.15) is 12.8 Å². The molecule has 1 aromatic carbocycles. The van der Waals surface area contributed by atoms with Crippen molar-refractivity contribution in [3.63, 3.8) is 0 Å². The Bertz CT molecular complexity index is 382. The average Bonchev–Trinajstić information content (AvgIpc) is 3.21. The monoisotopic (exact) mass is 326 g/mol. The maximum absolute atomic E-state index is 5.64. The summed E-state index contributed by atoms with van der Waals surface area (Å²) in [6.07, 6.45) is 2.73. The van der Waals surface area contributed by atoms with E-state index in [0.717, 1.165) is 48.9 Å². The molecule has 0 amide bonds. The van der Waals surface area contributed by atoms with Crippen molar-refractivity contribution in [1.29, 1.82) is 0 Å². The average molecular weight is 327 g/mol. The molecule has 19 heavy (non-hydrogen) atoms. The number of halogens is 1. The van der Waals surface area contributed by atoms with Crippen molar-refractivity contribution in [3.05, 3.63) is 28.7 Å². The van der Waals surface area contributed by atoms with Gasteiger partial charge in [-0.1, -0.05) is 12.1 Å². The van der Waals surface area contributed by atoms with E-state index >= 15 is 0 Å². The first-order valence-corrected chi connectivity index (χ1v) is 7.79. The van der Waals surface area contributed by atoms with Crippen LogP contribution in [0.2, 0.25) is 0 Å². The number of rotatable bonds is 9. The summed E-state index contributed by atoms with van der Waals surface area (Å²) in [5.74, 6) is 0.863. The van der Waals surface area contributed by atoms with Crippen molar-refractivity contribution in [2.75, 3.05) is 45.2 Å². The molecule has 2 rings (SSSR count). The van der Waals surface area contributed by atoms with Crippen molar-refractivity contribution in [1.82, 2.24) is 4.90 Å². The van der Waals surface area contributed by atoms with Crippen LogP contribution in [0.5, 0.6) is 0 Å².